The second-order valence-corrected chi connectivity index (χ2v) is 14.6. The van der Waals surface area contributed by atoms with Crippen LogP contribution < -0.4 is 4.43 Å². The lowest BCUT2D eigenvalue weighted by atomic mass is 10.2. The Morgan fingerprint density at radius 1 is 1.12 bits per heavy atom. The molecule has 0 saturated heterocycles. The van der Waals surface area contributed by atoms with Crippen molar-refractivity contribution >= 4 is 42.5 Å². The van der Waals surface area contributed by atoms with E-state index in [-0.39, 0.29) is 0 Å². The Morgan fingerprint density at radius 2 is 1.72 bits per heavy atom. The van der Waals surface area contributed by atoms with Gasteiger partial charge in [0.2, 0.25) is 0 Å². The molecule has 0 aliphatic carbocycles. The van der Waals surface area contributed by atoms with Gasteiger partial charge < -0.3 is 4.43 Å². The number of hydrogen-bond acceptors (Lipinski definition) is 2. The van der Waals surface area contributed by atoms with E-state index in [4.69, 9.17) is 16.0 Å². The third-order valence-electron chi connectivity index (χ3n) is 4.96. The molecule has 1 aromatic heterocycles. The maximum absolute atomic E-state index is 6.71. The molecule has 1 heterocycles. The van der Waals surface area contributed by atoms with Crippen LogP contribution in [0.2, 0.25) is 21.6 Å². The number of nitrogens with zero attached hydrogens (tertiary/aromatic N) is 2. The Labute approximate surface area is 171 Å². The first-order chi connectivity index (χ1) is 11.7. The van der Waals surface area contributed by atoms with E-state index in [1.165, 1.54) is 0 Å². The number of rotatable bonds is 7. The predicted molar refractivity (Wildman–Crippen MR) is 117 cm³/mol. The Kier molecular flexibility index (Phi) is 7.01. The van der Waals surface area contributed by atoms with Gasteiger partial charge >= 0.3 is 0 Å². The van der Waals surface area contributed by atoms with Crippen LogP contribution in [-0.4, -0.2) is 18.1 Å². The average molecular weight is 491 g/mol. The molecule has 6 heteroatoms. The molecule has 138 valence electrons. The minimum atomic E-state index is -1.96. The fraction of sp³-hybridized carbons (Fsp3) is 0.526. The van der Waals surface area contributed by atoms with Crippen LogP contribution in [-0.2, 0) is 6.54 Å². The Morgan fingerprint density at radius 3 is 2.16 bits per heavy atom. The minimum Gasteiger partial charge on any atom is -0.543 e. The summed E-state index contributed by atoms with van der Waals surface area (Å²) in [6, 6.07) is 6.09. The molecule has 0 bridgehead atoms. The molecular formula is C19H28ClIN2OSi. The largest absolute Gasteiger partial charge is 0.543 e. The van der Waals surface area contributed by atoms with E-state index in [1.54, 1.807) is 0 Å². The van der Waals surface area contributed by atoms with Crippen molar-refractivity contribution in [3.8, 4) is 5.75 Å². The molecule has 25 heavy (non-hydrogen) atoms. The van der Waals surface area contributed by atoms with Gasteiger partial charge in [-0.05, 0) is 56.9 Å². The Balaban J connectivity index is 2.26. The number of benzene rings is 1. The highest BCUT2D eigenvalue weighted by molar-refractivity contribution is 14.1. The maximum atomic E-state index is 6.71. The quantitative estimate of drug-likeness (QED) is 0.317. The molecule has 0 fully saturated rings. The standard InChI is InChI=1S/C19H28ClIN2OSi/c1-13(2)25(14(3)4,15(5)6)24-18-8-7-16(19(20)9-18)11-23-12-17(21)10-22-23/h7-10,12-15H,11H2,1-6H3. The third-order valence-corrected chi connectivity index (χ3v) is 11.9. The Bertz CT molecular complexity index is 693. The molecule has 0 radical (unpaired) electrons. The maximum Gasteiger partial charge on any atom is 0.258 e. The van der Waals surface area contributed by atoms with Gasteiger partial charge in [0.05, 0.1) is 16.3 Å². The van der Waals surface area contributed by atoms with Crippen LogP contribution in [0, 0.1) is 3.57 Å². The minimum absolute atomic E-state index is 0.539. The first-order valence-corrected chi connectivity index (χ1v) is 12.4. The van der Waals surface area contributed by atoms with Gasteiger partial charge in [0, 0.05) is 11.2 Å². The first-order valence-electron chi connectivity index (χ1n) is 8.82. The molecule has 3 nitrogen and oxygen atoms in total. The lowest BCUT2D eigenvalue weighted by molar-refractivity contribution is 0.479. The highest BCUT2D eigenvalue weighted by Crippen LogP contribution is 2.43. The van der Waals surface area contributed by atoms with Gasteiger partial charge in [-0.2, -0.15) is 5.10 Å². The van der Waals surface area contributed by atoms with Gasteiger partial charge in [0.25, 0.3) is 8.32 Å². The average Bonchev–Trinajstić information content (AvgIpc) is 2.91. The molecule has 2 rings (SSSR count). The molecule has 0 aliphatic rings. The molecule has 0 saturated carbocycles. The molecule has 0 amide bonds. The Hall–Kier alpha value is -0.533. The molecule has 1 aromatic carbocycles. The van der Waals surface area contributed by atoms with Crippen LogP contribution in [0.1, 0.15) is 47.1 Å². The molecule has 0 atom stereocenters. The van der Waals surface area contributed by atoms with E-state index in [1.807, 2.05) is 23.1 Å². The van der Waals surface area contributed by atoms with Crippen LogP contribution in [0.15, 0.2) is 30.6 Å². The summed E-state index contributed by atoms with van der Waals surface area (Å²) in [5.41, 5.74) is 2.67. The summed E-state index contributed by atoms with van der Waals surface area (Å²) in [5, 5.41) is 5.07. The lowest BCUT2D eigenvalue weighted by Gasteiger charge is -2.42. The van der Waals surface area contributed by atoms with E-state index in [0.29, 0.717) is 23.2 Å². The van der Waals surface area contributed by atoms with E-state index < -0.39 is 8.32 Å². The van der Waals surface area contributed by atoms with Crippen LogP contribution in [0.5, 0.6) is 5.75 Å². The molecule has 0 unspecified atom stereocenters. The zero-order valence-electron chi connectivity index (χ0n) is 15.9. The molecule has 0 aliphatic heterocycles. The smallest absolute Gasteiger partial charge is 0.258 e. The molecule has 0 spiro atoms. The lowest BCUT2D eigenvalue weighted by Crippen LogP contribution is -2.50. The van der Waals surface area contributed by atoms with Gasteiger partial charge in [-0.1, -0.05) is 59.2 Å². The van der Waals surface area contributed by atoms with Crippen LogP contribution in [0.25, 0.3) is 0 Å². The van der Waals surface area contributed by atoms with E-state index >= 15 is 0 Å². The first kappa shape index (κ1) is 20.8. The van der Waals surface area contributed by atoms with Crippen molar-refractivity contribution in [2.24, 2.45) is 0 Å². The number of hydrogen-bond donors (Lipinski definition) is 0. The predicted octanol–water partition coefficient (Wildman–Crippen LogP) is 6.74. The van der Waals surface area contributed by atoms with Crippen molar-refractivity contribution < 1.29 is 4.43 Å². The summed E-state index contributed by atoms with van der Waals surface area (Å²) >= 11 is 8.80. The molecular weight excluding hydrogens is 463 g/mol. The van der Waals surface area contributed by atoms with Crippen molar-refractivity contribution in [2.45, 2.75) is 64.7 Å². The van der Waals surface area contributed by atoms with Gasteiger partial charge in [-0.3, -0.25) is 4.68 Å². The van der Waals surface area contributed by atoms with Crippen molar-refractivity contribution in [3.05, 3.63) is 44.7 Å². The van der Waals surface area contributed by atoms with Crippen molar-refractivity contribution in [1.29, 1.82) is 0 Å². The summed E-state index contributed by atoms with van der Waals surface area (Å²) in [7, 11) is -1.96. The highest BCUT2D eigenvalue weighted by atomic mass is 127. The van der Waals surface area contributed by atoms with Crippen molar-refractivity contribution in [2.75, 3.05) is 0 Å². The van der Waals surface area contributed by atoms with Crippen LogP contribution in [0.4, 0.5) is 0 Å². The molecule has 0 N–H and O–H groups in total. The fourth-order valence-electron chi connectivity index (χ4n) is 3.88. The van der Waals surface area contributed by atoms with E-state index in [0.717, 1.165) is 19.9 Å². The molecule has 2 aromatic rings. The summed E-state index contributed by atoms with van der Waals surface area (Å²) in [6.45, 7) is 14.4. The summed E-state index contributed by atoms with van der Waals surface area (Å²) in [4.78, 5) is 0. The zero-order chi connectivity index (χ0) is 18.8. The normalized spacial score (nSPS) is 12.4. The SMILES string of the molecule is CC(C)[Si](Oc1ccc(Cn2cc(I)cn2)c(Cl)c1)(C(C)C)C(C)C. The number of halogens is 2. The number of aromatic nitrogens is 2. The summed E-state index contributed by atoms with van der Waals surface area (Å²) < 4.78 is 9.73. The second-order valence-electron chi connectivity index (χ2n) is 7.53. The summed E-state index contributed by atoms with van der Waals surface area (Å²) in [5.74, 6) is 0.895. The fourth-order valence-corrected chi connectivity index (χ4v) is 9.80. The van der Waals surface area contributed by atoms with Crippen molar-refractivity contribution in [1.82, 2.24) is 9.78 Å². The second kappa shape index (κ2) is 8.44. The zero-order valence-corrected chi connectivity index (χ0v) is 19.8. The van der Waals surface area contributed by atoms with Crippen molar-refractivity contribution in [3.63, 3.8) is 0 Å². The van der Waals surface area contributed by atoms with E-state index in [9.17, 15) is 0 Å². The monoisotopic (exact) mass is 490 g/mol. The van der Waals surface area contributed by atoms with E-state index in [2.05, 4.69) is 81.4 Å². The van der Waals surface area contributed by atoms with Gasteiger partial charge in [-0.15, -0.1) is 0 Å². The third kappa shape index (κ3) is 4.60. The van der Waals surface area contributed by atoms with Crippen LogP contribution in [0.3, 0.4) is 0 Å². The van der Waals surface area contributed by atoms with Crippen LogP contribution >= 0.6 is 34.2 Å². The highest BCUT2D eigenvalue weighted by Gasteiger charge is 2.47. The van der Waals surface area contributed by atoms with Gasteiger partial charge in [0.1, 0.15) is 5.75 Å². The topological polar surface area (TPSA) is 27.1 Å². The van der Waals surface area contributed by atoms with Gasteiger partial charge in [0.15, 0.2) is 0 Å². The summed E-state index contributed by atoms with van der Waals surface area (Å²) in [6.07, 6.45) is 3.86. The van der Waals surface area contributed by atoms with Gasteiger partial charge in [-0.25, -0.2) is 0 Å².